The summed E-state index contributed by atoms with van der Waals surface area (Å²) in [5.74, 6) is 0. The van der Waals surface area contributed by atoms with Crippen LogP contribution >= 0.6 is 0 Å². The van der Waals surface area contributed by atoms with Crippen molar-refractivity contribution >= 4 is 5.69 Å². The number of hydrogen-bond acceptors (Lipinski definition) is 2. The van der Waals surface area contributed by atoms with Crippen molar-refractivity contribution in [3.63, 3.8) is 0 Å². The summed E-state index contributed by atoms with van der Waals surface area (Å²) in [7, 11) is 0. The van der Waals surface area contributed by atoms with Gasteiger partial charge in [-0.15, -0.1) is 0 Å². The number of nitrogens with zero attached hydrogens (tertiary/aromatic N) is 1. The fraction of sp³-hybridized carbons (Fsp3) is 0.571. The second-order valence-electron chi connectivity index (χ2n) is 5.07. The highest BCUT2D eigenvalue weighted by molar-refractivity contribution is 5.60. The number of para-hydroxylation sites is 1. The van der Waals surface area contributed by atoms with Crippen molar-refractivity contribution in [3.05, 3.63) is 29.8 Å². The van der Waals surface area contributed by atoms with Gasteiger partial charge in [0.25, 0.3) is 0 Å². The molecule has 16 heavy (non-hydrogen) atoms. The van der Waals surface area contributed by atoms with Crippen LogP contribution in [0.4, 0.5) is 5.69 Å². The Morgan fingerprint density at radius 3 is 2.75 bits per heavy atom. The fourth-order valence-electron chi connectivity index (χ4n) is 3.23. The summed E-state index contributed by atoms with van der Waals surface area (Å²) < 4.78 is 0. The maximum Gasteiger partial charge on any atom is 0.0404 e. The van der Waals surface area contributed by atoms with E-state index in [0.717, 1.165) is 6.04 Å². The molecule has 2 aliphatic heterocycles. The van der Waals surface area contributed by atoms with Crippen molar-refractivity contribution in [3.8, 4) is 0 Å². The number of rotatable bonds is 1. The van der Waals surface area contributed by atoms with E-state index in [-0.39, 0.29) is 0 Å². The average Bonchev–Trinajstić information content (AvgIpc) is 2.66. The van der Waals surface area contributed by atoms with Gasteiger partial charge in [0.15, 0.2) is 0 Å². The Kier molecular flexibility index (Phi) is 2.60. The molecule has 2 heteroatoms. The summed E-state index contributed by atoms with van der Waals surface area (Å²) in [4.78, 5) is 2.66. The molecular weight excluding hydrogens is 196 g/mol. The van der Waals surface area contributed by atoms with Crippen LogP contribution in [0.1, 0.15) is 25.3 Å². The topological polar surface area (TPSA) is 15.3 Å². The number of benzene rings is 1. The summed E-state index contributed by atoms with van der Waals surface area (Å²) in [6.07, 6.45) is 3.80. The Bertz CT molecular complexity index is 369. The van der Waals surface area contributed by atoms with E-state index in [9.17, 15) is 0 Å². The van der Waals surface area contributed by atoms with Crippen LogP contribution in [0.15, 0.2) is 24.3 Å². The van der Waals surface area contributed by atoms with Crippen LogP contribution in [0.3, 0.4) is 0 Å². The van der Waals surface area contributed by atoms with E-state index in [0.29, 0.717) is 6.04 Å². The third kappa shape index (κ3) is 1.61. The average molecular weight is 216 g/mol. The lowest BCUT2D eigenvalue weighted by Gasteiger charge is -2.37. The smallest absolute Gasteiger partial charge is 0.0404 e. The minimum Gasteiger partial charge on any atom is -0.365 e. The Morgan fingerprint density at radius 2 is 1.94 bits per heavy atom. The fourth-order valence-corrected chi connectivity index (χ4v) is 3.23. The van der Waals surface area contributed by atoms with Gasteiger partial charge in [0.1, 0.15) is 0 Å². The van der Waals surface area contributed by atoms with E-state index < -0.39 is 0 Å². The van der Waals surface area contributed by atoms with Gasteiger partial charge in [0.05, 0.1) is 0 Å². The van der Waals surface area contributed by atoms with Crippen molar-refractivity contribution in [1.82, 2.24) is 5.32 Å². The molecule has 2 aliphatic rings. The second-order valence-corrected chi connectivity index (χ2v) is 5.07. The van der Waals surface area contributed by atoms with Crippen molar-refractivity contribution in [2.24, 2.45) is 0 Å². The number of fused-ring (bicyclic) bond motifs is 1. The molecule has 2 heterocycles. The first-order valence-corrected chi connectivity index (χ1v) is 6.43. The van der Waals surface area contributed by atoms with Crippen LogP contribution in [0.2, 0.25) is 0 Å². The molecule has 1 aromatic rings. The maximum atomic E-state index is 3.45. The van der Waals surface area contributed by atoms with Gasteiger partial charge in [0, 0.05) is 17.8 Å². The van der Waals surface area contributed by atoms with Crippen LogP contribution < -0.4 is 10.2 Å². The summed E-state index contributed by atoms with van der Waals surface area (Å²) in [5.41, 5.74) is 3.02. The minimum absolute atomic E-state index is 0.681. The van der Waals surface area contributed by atoms with E-state index in [1.54, 1.807) is 0 Å². The third-order valence-corrected chi connectivity index (χ3v) is 3.96. The van der Waals surface area contributed by atoms with Gasteiger partial charge < -0.3 is 10.2 Å². The molecule has 1 N–H and O–H groups in total. The highest BCUT2D eigenvalue weighted by atomic mass is 15.2. The molecule has 0 bridgehead atoms. The van der Waals surface area contributed by atoms with Crippen molar-refractivity contribution < 1.29 is 0 Å². The predicted octanol–water partition coefficient (Wildman–Crippen LogP) is 2.19. The Labute approximate surface area is 97.6 Å². The van der Waals surface area contributed by atoms with Gasteiger partial charge in [-0.25, -0.2) is 0 Å². The summed E-state index contributed by atoms with van der Waals surface area (Å²) in [6.45, 7) is 4.72. The van der Waals surface area contributed by atoms with Crippen molar-refractivity contribution in [1.29, 1.82) is 0 Å². The van der Waals surface area contributed by atoms with Crippen LogP contribution in [-0.2, 0) is 6.42 Å². The van der Waals surface area contributed by atoms with Crippen LogP contribution in [-0.4, -0.2) is 25.2 Å². The first kappa shape index (κ1) is 10.2. The number of hydrogen-bond donors (Lipinski definition) is 1. The summed E-state index contributed by atoms with van der Waals surface area (Å²) >= 11 is 0. The van der Waals surface area contributed by atoms with E-state index >= 15 is 0 Å². The molecule has 1 saturated heterocycles. The Balaban J connectivity index is 1.89. The predicted molar refractivity (Wildman–Crippen MR) is 68.0 cm³/mol. The molecule has 86 valence electrons. The SMILES string of the molecule is C[C@@H]1Cc2ccccc2N1C1CCNCC1. The zero-order valence-corrected chi connectivity index (χ0v) is 9.95. The molecule has 2 nitrogen and oxygen atoms in total. The molecule has 0 unspecified atom stereocenters. The maximum absolute atomic E-state index is 3.45. The number of nitrogens with one attached hydrogen (secondary N) is 1. The summed E-state index contributed by atoms with van der Waals surface area (Å²) in [5, 5.41) is 3.45. The van der Waals surface area contributed by atoms with Gasteiger partial charge in [0.2, 0.25) is 0 Å². The van der Waals surface area contributed by atoms with Crippen LogP contribution in [0, 0.1) is 0 Å². The lowest BCUT2D eigenvalue weighted by atomic mass is 10.0. The van der Waals surface area contributed by atoms with E-state index in [1.807, 2.05) is 0 Å². The molecule has 0 aromatic heterocycles. The molecule has 0 aliphatic carbocycles. The monoisotopic (exact) mass is 216 g/mol. The van der Waals surface area contributed by atoms with E-state index in [1.165, 1.54) is 43.6 Å². The number of anilines is 1. The molecular formula is C14H20N2. The zero-order chi connectivity index (χ0) is 11.0. The molecule has 0 saturated carbocycles. The highest BCUT2D eigenvalue weighted by Crippen LogP contribution is 2.35. The van der Waals surface area contributed by atoms with Crippen LogP contribution in [0.25, 0.3) is 0 Å². The molecule has 0 spiro atoms. The Hall–Kier alpha value is -1.02. The van der Waals surface area contributed by atoms with Crippen molar-refractivity contribution in [2.75, 3.05) is 18.0 Å². The second kappa shape index (κ2) is 4.10. The first-order chi connectivity index (χ1) is 7.86. The molecule has 1 fully saturated rings. The first-order valence-electron chi connectivity index (χ1n) is 6.43. The van der Waals surface area contributed by atoms with Gasteiger partial charge >= 0.3 is 0 Å². The molecule has 1 aromatic carbocycles. The van der Waals surface area contributed by atoms with Crippen LogP contribution in [0.5, 0.6) is 0 Å². The molecule has 1 atom stereocenters. The van der Waals surface area contributed by atoms with Gasteiger partial charge in [-0.2, -0.15) is 0 Å². The largest absolute Gasteiger partial charge is 0.365 e. The molecule has 0 amide bonds. The molecule has 0 radical (unpaired) electrons. The van der Waals surface area contributed by atoms with Gasteiger partial charge in [-0.3, -0.25) is 0 Å². The molecule has 3 rings (SSSR count). The Morgan fingerprint density at radius 1 is 1.19 bits per heavy atom. The minimum atomic E-state index is 0.681. The van der Waals surface area contributed by atoms with E-state index in [2.05, 4.69) is 41.4 Å². The lowest BCUT2D eigenvalue weighted by molar-refractivity contribution is 0.414. The lowest BCUT2D eigenvalue weighted by Crippen LogP contribution is -2.45. The quantitative estimate of drug-likeness (QED) is 0.774. The van der Waals surface area contributed by atoms with Gasteiger partial charge in [-0.05, 0) is 50.9 Å². The summed E-state index contributed by atoms with van der Waals surface area (Å²) in [6, 6.07) is 10.3. The normalized spacial score (nSPS) is 25.8. The van der Waals surface area contributed by atoms with Crippen molar-refractivity contribution in [2.45, 2.75) is 38.3 Å². The van der Waals surface area contributed by atoms with E-state index in [4.69, 9.17) is 0 Å². The zero-order valence-electron chi connectivity index (χ0n) is 9.95. The third-order valence-electron chi connectivity index (χ3n) is 3.96. The highest BCUT2D eigenvalue weighted by Gasteiger charge is 2.31. The standard InChI is InChI=1S/C14H20N2/c1-11-10-12-4-2-3-5-14(12)16(11)13-6-8-15-9-7-13/h2-5,11,13,15H,6-10H2,1H3/t11-/m1/s1. The van der Waals surface area contributed by atoms with Gasteiger partial charge in [-0.1, -0.05) is 18.2 Å². The number of piperidine rings is 1.